The Morgan fingerprint density at radius 1 is 1.44 bits per heavy atom. The fourth-order valence-electron chi connectivity index (χ4n) is 1.67. The Morgan fingerprint density at radius 3 is 2.78 bits per heavy atom. The number of hydrogen-bond donors (Lipinski definition) is 3. The minimum absolute atomic E-state index is 0.419. The Labute approximate surface area is 113 Å². The minimum Gasteiger partial charge on any atom is -0.493 e. The highest BCUT2D eigenvalue weighted by Gasteiger charge is 2.20. The van der Waals surface area contributed by atoms with Crippen molar-refractivity contribution in [2.24, 2.45) is 11.5 Å². The van der Waals surface area contributed by atoms with Gasteiger partial charge < -0.3 is 21.3 Å². The van der Waals surface area contributed by atoms with Gasteiger partial charge in [0, 0.05) is 16.6 Å². The van der Waals surface area contributed by atoms with Crippen molar-refractivity contribution in [1.29, 1.82) is 0 Å². The molecular weight excluding hydrogens is 252 g/mol. The van der Waals surface area contributed by atoms with Crippen molar-refractivity contribution in [3.05, 3.63) is 28.8 Å². The summed E-state index contributed by atoms with van der Waals surface area (Å²) < 4.78 is 5.59. The smallest absolute Gasteiger partial charge is 0.125 e. The molecule has 0 radical (unpaired) electrons. The molecule has 0 bridgehead atoms. The normalized spacial score (nSPS) is 14.3. The molecule has 0 saturated heterocycles. The van der Waals surface area contributed by atoms with Crippen LogP contribution in [0.25, 0.3) is 0 Å². The molecule has 5 heteroatoms. The predicted molar refractivity (Wildman–Crippen MR) is 73.8 cm³/mol. The molecule has 0 aromatic heterocycles. The zero-order valence-electron chi connectivity index (χ0n) is 10.6. The Hall–Kier alpha value is -0.810. The molecule has 0 aliphatic rings. The van der Waals surface area contributed by atoms with Gasteiger partial charge in [0.15, 0.2) is 0 Å². The fourth-order valence-corrected chi connectivity index (χ4v) is 1.86. The molecule has 4 nitrogen and oxygen atoms in total. The van der Waals surface area contributed by atoms with Crippen LogP contribution in [-0.2, 0) is 0 Å². The molecule has 0 aliphatic heterocycles. The fraction of sp³-hybridized carbons (Fsp3) is 0.538. The van der Waals surface area contributed by atoms with Gasteiger partial charge in [0.2, 0.25) is 0 Å². The van der Waals surface area contributed by atoms with Crippen molar-refractivity contribution in [2.75, 3.05) is 13.2 Å². The molecule has 5 N–H and O–H groups in total. The first-order valence-electron chi connectivity index (χ1n) is 6.16. The van der Waals surface area contributed by atoms with Gasteiger partial charge in [-0.3, -0.25) is 0 Å². The zero-order chi connectivity index (χ0) is 13.5. The number of nitrogens with two attached hydrogens (primary N) is 2. The lowest BCUT2D eigenvalue weighted by Gasteiger charge is -2.21. The molecule has 1 aromatic rings. The van der Waals surface area contributed by atoms with Gasteiger partial charge in [-0.25, -0.2) is 0 Å². The van der Waals surface area contributed by atoms with E-state index in [4.69, 9.17) is 27.8 Å². The maximum absolute atomic E-state index is 10.2. The molecule has 0 spiro atoms. The van der Waals surface area contributed by atoms with E-state index >= 15 is 0 Å². The molecular formula is C13H21ClN2O2. The predicted octanol–water partition coefficient (Wildman–Crippen LogP) is 1.84. The largest absolute Gasteiger partial charge is 0.493 e. The Morgan fingerprint density at radius 2 is 2.17 bits per heavy atom. The van der Waals surface area contributed by atoms with Crippen molar-refractivity contribution < 1.29 is 9.84 Å². The van der Waals surface area contributed by atoms with E-state index in [1.165, 1.54) is 0 Å². The molecule has 0 fully saturated rings. The number of aliphatic hydroxyl groups excluding tert-OH is 1. The first-order chi connectivity index (χ1) is 8.60. The van der Waals surface area contributed by atoms with Gasteiger partial charge in [-0.2, -0.15) is 0 Å². The summed E-state index contributed by atoms with van der Waals surface area (Å²) in [7, 11) is 0. The van der Waals surface area contributed by atoms with Gasteiger partial charge in [0.1, 0.15) is 5.75 Å². The van der Waals surface area contributed by atoms with Crippen LogP contribution in [0.15, 0.2) is 18.2 Å². The van der Waals surface area contributed by atoms with Crippen molar-refractivity contribution in [3.63, 3.8) is 0 Å². The summed E-state index contributed by atoms with van der Waals surface area (Å²) in [6.45, 7) is 3.05. The highest BCUT2D eigenvalue weighted by molar-refractivity contribution is 6.30. The van der Waals surface area contributed by atoms with E-state index < -0.39 is 12.1 Å². The number of ether oxygens (including phenoxy) is 1. The van der Waals surface area contributed by atoms with Crippen LogP contribution in [0.3, 0.4) is 0 Å². The first-order valence-corrected chi connectivity index (χ1v) is 6.53. The SMILES string of the molecule is CCCOc1ccc(Cl)cc1C(O)C(N)CCN. The third kappa shape index (κ3) is 4.14. The van der Waals surface area contributed by atoms with Gasteiger partial charge in [0.25, 0.3) is 0 Å². The highest BCUT2D eigenvalue weighted by atomic mass is 35.5. The second-order valence-corrected chi connectivity index (χ2v) is 4.65. The average molecular weight is 273 g/mol. The van der Waals surface area contributed by atoms with Gasteiger partial charge >= 0.3 is 0 Å². The lowest BCUT2D eigenvalue weighted by atomic mass is 9.99. The first kappa shape index (κ1) is 15.2. The minimum atomic E-state index is -0.820. The van der Waals surface area contributed by atoms with E-state index in [2.05, 4.69) is 0 Å². The lowest BCUT2D eigenvalue weighted by molar-refractivity contribution is 0.138. The molecule has 1 aromatic carbocycles. The summed E-state index contributed by atoms with van der Waals surface area (Å²) >= 11 is 5.94. The molecule has 1 rings (SSSR count). The Balaban J connectivity index is 2.92. The number of rotatable bonds is 7. The standard InChI is InChI=1S/C13H21ClN2O2/c1-2-7-18-12-4-3-9(14)8-10(12)13(17)11(16)5-6-15/h3-4,8,11,13,17H,2,5-7,15-16H2,1H3. The molecule has 0 saturated carbocycles. The second-order valence-electron chi connectivity index (χ2n) is 4.22. The summed E-state index contributed by atoms with van der Waals surface area (Å²) in [5.41, 5.74) is 11.9. The van der Waals surface area contributed by atoms with Crippen LogP contribution in [0.4, 0.5) is 0 Å². The third-order valence-corrected chi connectivity index (χ3v) is 2.89. The summed E-state index contributed by atoms with van der Waals surface area (Å²) in [5, 5.41) is 10.8. The van der Waals surface area contributed by atoms with E-state index in [0.717, 1.165) is 6.42 Å². The molecule has 2 unspecified atom stereocenters. The number of aliphatic hydroxyl groups is 1. The van der Waals surface area contributed by atoms with Crippen molar-refractivity contribution >= 4 is 11.6 Å². The summed E-state index contributed by atoms with van der Waals surface area (Å²) in [4.78, 5) is 0. The molecule has 0 heterocycles. The van der Waals surface area contributed by atoms with E-state index in [1.807, 2.05) is 6.92 Å². The van der Waals surface area contributed by atoms with E-state index in [1.54, 1.807) is 18.2 Å². The van der Waals surface area contributed by atoms with Gasteiger partial charge in [-0.05, 0) is 37.6 Å². The van der Waals surface area contributed by atoms with Crippen molar-refractivity contribution in [3.8, 4) is 5.75 Å². The lowest BCUT2D eigenvalue weighted by Crippen LogP contribution is -2.31. The Bertz CT molecular complexity index is 374. The summed E-state index contributed by atoms with van der Waals surface area (Å²) in [6.07, 6.45) is 0.618. The quantitative estimate of drug-likeness (QED) is 0.707. The van der Waals surface area contributed by atoms with E-state index in [0.29, 0.717) is 35.9 Å². The van der Waals surface area contributed by atoms with Crippen LogP contribution in [0.5, 0.6) is 5.75 Å². The Kier molecular flexibility index (Phi) is 6.43. The molecule has 18 heavy (non-hydrogen) atoms. The van der Waals surface area contributed by atoms with Crippen molar-refractivity contribution in [1.82, 2.24) is 0 Å². The number of hydrogen-bond acceptors (Lipinski definition) is 4. The van der Waals surface area contributed by atoms with Crippen LogP contribution in [0.2, 0.25) is 5.02 Å². The van der Waals surface area contributed by atoms with Crippen LogP contribution < -0.4 is 16.2 Å². The number of benzene rings is 1. The third-order valence-electron chi connectivity index (χ3n) is 2.66. The summed E-state index contributed by atoms with van der Waals surface area (Å²) in [6, 6.07) is 4.76. The summed E-state index contributed by atoms with van der Waals surface area (Å²) in [5.74, 6) is 0.626. The van der Waals surface area contributed by atoms with Crippen LogP contribution in [0, 0.1) is 0 Å². The van der Waals surface area contributed by atoms with Crippen LogP contribution in [0.1, 0.15) is 31.4 Å². The van der Waals surface area contributed by atoms with Gasteiger partial charge in [0.05, 0.1) is 12.7 Å². The molecule has 0 aliphatic carbocycles. The highest BCUT2D eigenvalue weighted by Crippen LogP contribution is 2.30. The molecule has 102 valence electrons. The maximum atomic E-state index is 10.2. The van der Waals surface area contributed by atoms with Crippen LogP contribution >= 0.6 is 11.6 Å². The van der Waals surface area contributed by atoms with Crippen LogP contribution in [-0.4, -0.2) is 24.3 Å². The monoisotopic (exact) mass is 272 g/mol. The average Bonchev–Trinajstić information content (AvgIpc) is 2.36. The maximum Gasteiger partial charge on any atom is 0.125 e. The topological polar surface area (TPSA) is 81.5 Å². The van der Waals surface area contributed by atoms with E-state index in [9.17, 15) is 5.11 Å². The zero-order valence-corrected chi connectivity index (χ0v) is 11.4. The van der Waals surface area contributed by atoms with Gasteiger partial charge in [-0.1, -0.05) is 18.5 Å². The second kappa shape index (κ2) is 7.59. The molecule has 2 atom stereocenters. The number of halogens is 1. The van der Waals surface area contributed by atoms with Crippen molar-refractivity contribution in [2.45, 2.75) is 31.9 Å². The molecule has 0 amide bonds. The van der Waals surface area contributed by atoms with Gasteiger partial charge in [-0.15, -0.1) is 0 Å². The van der Waals surface area contributed by atoms with E-state index in [-0.39, 0.29) is 0 Å².